The zero-order valence-corrected chi connectivity index (χ0v) is 17.0. The Bertz CT molecular complexity index is 804. The fraction of sp³-hybridized carbons (Fsp3) is 0.429. The highest BCUT2D eigenvalue weighted by Gasteiger charge is 2.39. The van der Waals surface area contributed by atoms with Crippen LogP contribution in [-0.4, -0.2) is 45.4 Å². The molecule has 0 fully saturated rings. The lowest BCUT2D eigenvalue weighted by Crippen LogP contribution is -2.35. The Morgan fingerprint density at radius 3 is 2.48 bits per heavy atom. The molecule has 2 rings (SSSR count). The largest absolute Gasteiger partial charge is 0.466 e. The first-order valence-electron chi connectivity index (χ1n) is 8.94. The van der Waals surface area contributed by atoms with Gasteiger partial charge in [0.05, 0.1) is 49.7 Å². The molecule has 1 aromatic rings. The molecule has 1 aliphatic heterocycles. The lowest BCUT2D eigenvalue weighted by molar-refractivity contribution is -0.139. The number of carbonyl (C=O) groups excluding carboxylic acids is 2. The zero-order valence-electron chi connectivity index (χ0n) is 16.2. The number of hydrogen-bond acceptors (Lipinski definition) is 7. The Balaban J connectivity index is 0.00000420. The minimum absolute atomic E-state index is 0. The normalized spacial score (nSPS) is 16.1. The summed E-state index contributed by atoms with van der Waals surface area (Å²) in [7, 11) is 1.29. The van der Waals surface area contributed by atoms with Crippen LogP contribution in [0.2, 0.25) is 5.02 Å². The number of ether oxygens (including phenoxy) is 3. The highest BCUT2D eigenvalue weighted by molar-refractivity contribution is 6.31. The highest BCUT2D eigenvalue weighted by atomic mass is 35.5. The maximum absolute atomic E-state index is 12.9. The Morgan fingerprint density at radius 2 is 1.90 bits per heavy atom. The van der Waals surface area contributed by atoms with Crippen LogP contribution in [0.4, 0.5) is 0 Å². The molecule has 7 nitrogen and oxygen atoms in total. The molecule has 0 amide bonds. The number of nitrogens with two attached hydrogens (primary N) is 1. The molecule has 8 heteroatoms. The molecular weight excluding hydrogens is 396 g/mol. The van der Waals surface area contributed by atoms with E-state index in [0.717, 1.165) is 0 Å². The summed E-state index contributed by atoms with van der Waals surface area (Å²) in [4.78, 5) is 25.5. The number of carbonyl (C=O) groups is 2. The summed E-state index contributed by atoms with van der Waals surface area (Å²) < 4.78 is 15.8. The summed E-state index contributed by atoms with van der Waals surface area (Å²) in [6, 6.07) is 7.05. The van der Waals surface area contributed by atoms with Gasteiger partial charge >= 0.3 is 11.9 Å². The molecule has 29 heavy (non-hydrogen) atoms. The molecule has 1 unspecified atom stereocenters. The second-order valence-corrected chi connectivity index (χ2v) is 6.47. The standard InChI is InChI=1S/C20H25ClN2O5.CH4/c1-4-28-20(25)18-15(11-27-10-9-22)23-12(2)16(19(24)26-3)17(18)13-7-5-6-8-14(13)21;/h5-8,17,23H,4,9-11,22H2,1-3H3;1H4. The SMILES string of the molecule is C.CCOC(=O)C1=C(COCCN)NC(C)=C(C(=O)OC)C1c1ccccc1Cl. The topological polar surface area (TPSA) is 99.9 Å². The Kier molecular flexibility index (Phi) is 9.88. The molecule has 1 atom stereocenters. The molecule has 0 saturated heterocycles. The summed E-state index contributed by atoms with van der Waals surface area (Å²) in [5.41, 5.74) is 7.70. The number of esters is 2. The third kappa shape index (κ3) is 5.59. The van der Waals surface area contributed by atoms with Crippen molar-refractivity contribution < 1.29 is 23.8 Å². The maximum Gasteiger partial charge on any atom is 0.336 e. The van der Waals surface area contributed by atoms with Gasteiger partial charge in [0.25, 0.3) is 0 Å². The van der Waals surface area contributed by atoms with Gasteiger partial charge in [-0.2, -0.15) is 0 Å². The van der Waals surface area contributed by atoms with Gasteiger partial charge in [-0.15, -0.1) is 0 Å². The van der Waals surface area contributed by atoms with Crippen molar-refractivity contribution in [2.45, 2.75) is 27.2 Å². The smallest absolute Gasteiger partial charge is 0.336 e. The average molecular weight is 425 g/mol. The molecule has 1 heterocycles. The van der Waals surface area contributed by atoms with Crippen LogP contribution in [-0.2, 0) is 23.8 Å². The number of halogens is 1. The lowest BCUT2D eigenvalue weighted by atomic mass is 9.80. The molecule has 0 saturated carbocycles. The fourth-order valence-corrected chi connectivity index (χ4v) is 3.36. The van der Waals surface area contributed by atoms with Gasteiger partial charge in [-0.1, -0.05) is 37.2 Å². The maximum atomic E-state index is 12.9. The van der Waals surface area contributed by atoms with E-state index in [4.69, 9.17) is 31.5 Å². The molecular formula is C21H29ClN2O5. The number of nitrogens with one attached hydrogen (secondary N) is 1. The van der Waals surface area contributed by atoms with Crippen LogP contribution >= 0.6 is 11.6 Å². The van der Waals surface area contributed by atoms with Gasteiger partial charge in [-0.25, -0.2) is 9.59 Å². The van der Waals surface area contributed by atoms with Crippen molar-refractivity contribution in [2.75, 3.05) is 33.5 Å². The monoisotopic (exact) mass is 424 g/mol. The fourth-order valence-electron chi connectivity index (χ4n) is 3.12. The van der Waals surface area contributed by atoms with E-state index in [2.05, 4.69) is 5.32 Å². The first-order chi connectivity index (χ1) is 13.5. The molecule has 3 N–H and O–H groups in total. The Labute approximate surface area is 176 Å². The molecule has 0 radical (unpaired) electrons. The third-order valence-electron chi connectivity index (χ3n) is 4.27. The zero-order chi connectivity index (χ0) is 20.7. The van der Waals surface area contributed by atoms with Crippen LogP contribution in [0, 0.1) is 0 Å². The van der Waals surface area contributed by atoms with Gasteiger partial charge in [0.15, 0.2) is 0 Å². The Morgan fingerprint density at radius 1 is 1.21 bits per heavy atom. The first-order valence-corrected chi connectivity index (χ1v) is 9.32. The number of rotatable bonds is 8. The van der Waals surface area contributed by atoms with E-state index < -0.39 is 17.9 Å². The van der Waals surface area contributed by atoms with Gasteiger partial charge in [0.1, 0.15) is 0 Å². The molecule has 0 aliphatic carbocycles. The van der Waals surface area contributed by atoms with Crippen LogP contribution in [0.1, 0.15) is 32.8 Å². The van der Waals surface area contributed by atoms with Gasteiger partial charge in [0.2, 0.25) is 0 Å². The summed E-state index contributed by atoms with van der Waals surface area (Å²) in [6.07, 6.45) is 0. The van der Waals surface area contributed by atoms with Crippen molar-refractivity contribution in [2.24, 2.45) is 5.73 Å². The van der Waals surface area contributed by atoms with E-state index in [9.17, 15) is 9.59 Å². The van der Waals surface area contributed by atoms with Crippen LogP contribution in [0.5, 0.6) is 0 Å². The predicted molar refractivity (Wildman–Crippen MR) is 112 cm³/mol. The van der Waals surface area contributed by atoms with Gasteiger partial charge in [0, 0.05) is 17.3 Å². The van der Waals surface area contributed by atoms with Gasteiger partial charge in [-0.05, 0) is 25.5 Å². The van der Waals surface area contributed by atoms with Crippen molar-refractivity contribution in [3.63, 3.8) is 0 Å². The van der Waals surface area contributed by atoms with Crippen molar-refractivity contribution >= 4 is 23.5 Å². The third-order valence-corrected chi connectivity index (χ3v) is 4.61. The van der Waals surface area contributed by atoms with E-state index in [1.54, 1.807) is 38.1 Å². The second-order valence-electron chi connectivity index (χ2n) is 6.06. The van der Waals surface area contributed by atoms with Crippen LogP contribution < -0.4 is 11.1 Å². The quantitative estimate of drug-likeness (QED) is 0.488. The van der Waals surface area contributed by atoms with Gasteiger partial charge in [-0.3, -0.25) is 0 Å². The molecule has 160 valence electrons. The van der Waals surface area contributed by atoms with E-state index in [1.807, 2.05) is 0 Å². The summed E-state index contributed by atoms with van der Waals surface area (Å²) in [5, 5.41) is 3.52. The molecule has 1 aliphatic rings. The van der Waals surface area contributed by atoms with Crippen LogP contribution in [0.3, 0.4) is 0 Å². The summed E-state index contributed by atoms with van der Waals surface area (Å²) in [6.45, 7) is 4.42. The van der Waals surface area contributed by atoms with E-state index in [1.165, 1.54) is 7.11 Å². The van der Waals surface area contributed by atoms with Gasteiger partial charge < -0.3 is 25.3 Å². The lowest BCUT2D eigenvalue weighted by Gasteiger charge is -2.31. The average Bonchev–Trinajstić information content (AvgIpc) is 2.67. The van der Waals surface area contributed by atoms with Crippen LogP contribution in [0.15, 0.2) is 46.8 Å². The van der Waals surface area contributed by atoms with Crippen molar-refractivity contribution in [1.82, 2.24) is 5.32 Å². The number of allylic oxidation sites excluding steroid dienone is 1. The van der Waals surface area contributed by atoms with Crippen LogP contribution in [0.25, 0.3) is 0 Å². The molecule has 0 spiro atoms. The number of dihydropyridines is 1. The second kappa shape index (κ2) is 11.6. The molecule has 0 bridgehead atoms. The van der Waals surface area contributed by atoms with E-state index >= 15 is 0 Å². The summed E-state index contributed by atoms with van der Waals surface area (Å²) >= 11 is 6.42. The van der Waals surface area contributed by atoms with Crippen molar-refractivity contribution in [3.8, 4) is 0 Å². The van der Waals surface area contributed by atoms with E-state index in [-0.39, 0.29) is 26.2 Å². The van der Waals surface area contributed by atoms with Crippen molar-refractivity contribution in [3.05, 3.63) is 57.4 Å². The minimum Gasteiger partial charge on any atom is -0.466 e. The highest BCUT2D eigenvalue weighted by Crippen LogP contribution is 2.41. The van der Waals surface area contributed by atoms with E-state index in [0.29, 0.717) is 40.7 Å². The summed E-state index contributed by atoms with van der Waals surface area (Å²) in [5.74, 6) is -1.86. The number of benzene rings is 1. The predicted octanol–water partition coefficient (Wildman–Crippen LogP) is 2.90. The number of methoxy groups -OCH3 is 1. The molecule has 1 aromatic carbocycles. The Hall–Kier alpha value is -2.35. The van der Waals surface area contributed by atoms with Crippen molar-refractivity contribution in [1.29, 1.82) is 0 Å². The number of hydrogen-bond donors (Lipinski definition) is 2. The molecule has 0 aromatic heterocycles. The first kappa shape index (κ1) is 24.7. The minimum atomic E-state index is -0.752.